The standard InChI is InChI=1S/C10H22N2O2/c11-4-1-5-12-6-10(13)8-14-7-9-2-3-9/h9-10,12-13H,1-8,11H2. The lowest BCUT2D eigenvalue weighted by molar-refractivity contribution is 0.0326. The zero-order valence-corrected chi connectivity index (χ0v) is 8.74. The summed E-state index contributed by atoms with van der Waals surface area (Å²) in [5.74, 6) is 0.771. The fourth-order valence-electron chi connectivity index (χ4n) is 1.21. The second kappa shape index (κ2) is 7.17. The molecule has 4 nitrogen and oxygen atoms in total. The summed E-state index contributed by atoms with van der Waals surface area (Å²) in [6.45, 7) is 3.44. The molecular formula is C10H22N2O2. The van der Waals surface area contributed by atoms with Crippen LogP contribution in [0.1, 0.15) is 19.3 Å². The topological polar surface area (TPSA) is 67.5 Å². The van der Waals surface area contributed by atoms with E-state index in [9.17, 15) is 5.11 Å². The normalized spacial score (nSPS) is 18.4. The van der Waals surface area contributed by atoms with Gasteiger partial charge in [0.15, 0.2) is 0 Å². The number of hydrogen-bond acceptors (Lipinski definition) is 4. The van der Waals surface area contributed by atoms with Gasteiger partial charge in [0.25, 0.3) is 0 Å². The molecule has 0 spiro atoms. The average Bonchev–Trinajstić information content (AvgIpc) is 2.96. The van der Waals surface area contributed by atoms with Crippen molar-refractivity contribution in [1.29, 1.82) is 0 Å². The van der Waals surface area contributed by atoms with Gasteiger partial charge < -0.3 is 20.9 Å². The van der Waals surface area contributed by atoms with Crippen LogP contribution in [-0.4, -0.2) is 44.1 Å². The Hall–Kier alpha value is -0.160. The molecule has 0 bridgehead atoms. The lowest BCUT2D eigenvalue weighted by Gasteiger charge is -2.11. The van der Waals surface area contributed by atoms with E-state index in [1.807, 2.05) is 0 Å². The third-order valence-electron chi connectivity index (χ3n) is 2.30. The molecule has 0 aliphatic heterocycles. The first-order valence-electron chi connectivity index (χ1n) is 5.49. The first-order valence-corrected chi connectivity index (χ1v) is 5.49. The van der Waals surface area contributed by atoms with Gasteiger partial charge in [0.1, 0.15) is 0 Å². The molecule has 0 aromatic carbocycles. The van der Waals surface area contributed by atoms with Gasteiger partial charge in [-0.1, -0.05) is 0 Å². The van der Waals surface area contributed by atoms with Gasteiger partial charge >= 0.3 is 0 Å². The summed E-state index contributed by atoms with van der Waals surface area (Å²) in [7, 11) is 0. The highest BCUT2D eigenvalue weighted by molar-refractivity contribution is 4.72. The molecule has 1 aliphatic rings. The molecule has 0 aromatic heterocycles. The van der Waals surface area contributed by atoms with Crippen LogP contribution >= 0.6 is 0 Å². The first-order chi connectivity index (χ1) is 6.83. The lowest BCUT2D eigenvalue weighted by Crippen LogP contribution is -2.31. The van der Waals surface area contributed by atoms with Crippen molar-refractivity contribution in [2.24, 2.45) is 11.7 Å². The Bertz CT molecular complexity index is 140. The number of hydrogen-bond donors (Lipinski definition) is 3. The van der Waals surface area contributed by atoms with E-state index in [1.165, 1.54) is 12.8 Å². The Morgan fingerprint density at radius 1 is 1.50 bits per heavy atom. The highest BCUT2D eigenvalue weighted by Crippen LogP contribution is 2.28. The summed E-state index contributed by atoms with van der Waals surface area (Å²) in [6.07, 6.45) is 3.16. The molecule has 4 heteroatoms. The van der Waals surface area contributed by atoms with Gasteiger partial charge in [0.2, 0.25) is 0 Å². The summed E-state index contributed by atoms with van der Waals surface area (Å²) in [5.41, 5.74) is 5.34. The van der Waals surface area contributed by atoms with E-state index in [0.29, 0.717) is 19.7 Å². The fraction of sp³-hybridized carbons (Fsp3) is 1.00. The van der Waals surface area contributed by atoms with Gasteiger partial charge in [-0.15, -0.1) is 0 Å². The number of aliphatic hydroxyl groups excluding tert-OH is 1. The largest absolute Gasteiger partial charge is 0.389 e. The van der Waals surface area contributed by atoms with E-state index in [2.05, 4.69) is 5.32 Å². The van der Waals surface area contributed by atoms with Crippen LogP contribution in [0, 0.1) is 5.92 Å². The number of nitrogens with one attached hydrogen (secondary N) is 1. The summed E-state index contributed by atoms with van der Waals surface area (Å²) in [6, 6.07) is 0. The van der Waals surface area contributed by atoms with Crippen molar-refractivity contribution in [3.8, 4) is 0 Å². The van der Waals surface area contributed by atoms with E-state index < -0.39 is 0 Å². The minimum absolute atomic E-state index is 0.383. The van der Waals surface area contributed by atoms with Crippen molar-refractivity contribution in [2.45, 2.75) is 25.4 Å². The van der Waals surface area contributed by atoms with E-state index >= 15 is 0 Å². The third kappa shape index (κ3) is 6.32. The van der Waals surface area contributed by atoms with Crippen molar-refractivity contribution in [3.05, 3.63) is 0 Å². The van der Waals surface area contributed by atoms with Gasteiger partial charge in [-0.3, -0.25) is 0 Å². The Kier molecular flexibility index (Phi) is 6.10. The van der Waals surface area contributed by atoms with Crippen molar-refractivity contribution < 1.29 is 9.84 Å². The molecule has 0 saturated heterocycles. The summed E-state index contributed by atoms with van der Waals surface area (Å²) < 4.78 is 5.36. The Morgan fingerprint density at radius 2 is 2.29 bits per heavy atom. The Labute approximate surface area is 85.8 Å². The van der Waals surface area contributed by atoms with Gasteiger partial charge in [-0.25, -0.2) is 0 Å². The zero-order chi connectivity index (χ0) is 10.2. The molecule has 84 valence electrons. The Balaban J connectivity index is 1.79. The molecule has 1 saturated carbocycles. The summed E-state index contributed by atoms with van der Waals surface area (Å²) in [4.78, 5) is 0. The van der Waals surface area contributed by atoms with E-state index in [0.717, 1.165) is 25.5 Å². The number of nitrogens with two attached hydrogens (primary N) is 1. The fourth-order valence-corrected chi connectivity index (χ4v) is 1.21. The van der Waals surface area contributed by atoms with Crippen molar-refractivity contribution in [2.75, 3.05) is 32.8 Å². The lowest BCUT2D eigenvalue weighted by atomic mass is 10.3. The molecule has 1 rings (SSSR count). The quantitative estimate of drug-likeness (QED) is 0.450. The predicted molar refractivity (Wildman–Crippen MR) is 56.1 cm³/mol. The molecule has 14 heavy (non-hydrogen) atoms. The highest BCUT2D eigenvalue weighted by Gasteiger charge is 2.21. The molecule has 1 aliphatic carbocycles. The minimum Gasteiger partial charge on any atom is -0.389 e. The van der Waals surface area contributed by atoms with Crippen LogP contribution in [0.5, 0.6) is 0 Å². The molecular weight excluding hydrogens is 180 g/mol. The van der Waals surface area contributed by atoms with Crippen LogP contribution in [0.25, 0.3) is 0 Å². The molecule has 0 heterocycles. The molecule has 0 aromatic rings. The smallest absolute Gasteiger partial charge is 0.0897 e. The SMILES string of the molecule is NCCCNCC(O)COCC1CC1. The van der Waals surface area contributed by atoms with E-state index in [-0.39, 0.29) is 6.10 Å². The van der Waals surface area contributed by atoms with Gasteiger partial charge in [-0.2, -0.15) is 0 Å². The number of aliphatic hydroxyl groups is 1. The summed E-state index contributed by atoms with van der Waals surface area (Å²) >= 11 is 0. The van der Waals surface area contributed by atoms with Gasteiger partial charge in [0.05, 0.1) is 12.7 Å². The predicted octanol–water partition coefficient (Wildman–Crippen LogP) is -0.288. The Morgan fingerprint density at radius 3 is 2.93 bits per heavy atom. The number of ether oxygens (including phenoxy) is 1. The van der Waals surface area contributed by atoms with Crippen LogP contribution in [0.15, 0.2) is 0 Å². The van der Waals surface area contributed by atoms with Crippen molar-refractivity contribution in [3.63, 3.8) is 0 Å². The second-order valence-electron chi connectivity index (χ2n) is 3.98. The van der Waals surface area contributed by atoms with Crippen molar-refractivity contribution in [1.82, 2.24) is 5.32 Å². The van der Waals surface area contributed by atoms with Gasteiger partial charge in [0, 0.05) is 13.2 Å². The number of rotatable bonds is 9. The first kappa shape index (κ1) is 11.9. The maximum Gasteiger partial charge on any atom is 0.0897 e. The molecule has 1 fully saturated rings. The molecule has 0 amide bonds. The van der Waals surface area contributed by atoms with Gasteiger partial charge in [-0.05, 0) is 38.3 Å². The van der Waals surface area contributed by atoms with E-state index in [1.54, 1.807) is 0 Å². The average molecular weight is 202 g/mol. The molecule has 0 radical (unpaired) electrons. The van der Waals surface area contributed by atoms with E-state index in [4.69, 9.17) is 10.5 Å². The van der Waals surface area contributed by atoms with Crippen LogP contribution in [0.3, 0.4) is 0 Å². The van der Waals surface area contributed by atoms with Crippen LogP contribution in [-0.2, 0) is 4.74 Å². The van der Waals surface area contributed by atoms with Crippen LogP contribution in [0.2, 0.25) is 0 Å². The van der Waals surface area contributed by atoms with Crippen LogP contribution < -0.4 is 11.1 Å². The van der Waals surface area contributed by atoms with Crippen molar-refractivity contribution >= 4 is 0 Å². The summed E-state index contributed by atoms with van der Waals surface area (Å²) in [5, 5.41) is 12.6. The van der Waals surface area contributed by atoms with Crippen LogP contribution in [0.4, 0.5) is 0 Å². The molecule has 1 atom stereocenters. The monoisotopic (exact) mass is 202 g/mol. The molecule has 4 N–H and O–H groups in total. The second-order valence-corrected chi connectivity index (χ2v) is 3.98. The highest BCUT2D eigenvalue weighted by atomic mass is 16.5. The maximum atomic E-state index is 9.46. The maximum absolute atomic E-state index is 9.46. The zero-order valence-electron chi connectivity index (χ0n) is 8.74. The molecule has 1 unspecified atom stereocenters. The minimum atomic E-state index is -0.383. The third-order valence-corrected chi connectivity index (χ3v) is 2.30.